The number of hydrogen-bond acceptors (Lipinski definition) is 6. The highest BCUT2D eigenvalue weighted by atomic mass is 32.2. The zero-order valence-electron chi connectivity index (χ0n) is 11.6. The topological polar surface area (TPSA) is 127 Å². The Morgan fingerprint density at radius 1 is 1.43 bits per heavy atom. The molecule has 116 valence electrons. The first-order valence-electron chi connectivity index (χ1n) is 6.62. The molecule has 9 heteroatoms. The van der Waals surface area contributed by atoms with Crippen LogP contribution in [0.2, 0.25) is 0 Å². The summed E-state index contributed by atoms with van der Waals surface area (Å²) < 4.78 is 27.1. The Hall–Kier alpha value is -1.71. The molecule has 1 aromatic carbocycles. The van der Waals surface area contributed by atoms with Crippen LogP contribution in [-0.4, -0.2) is 19.4 Å². The Bertz CT molecular complexity index is 643. The molecule has 1 saturated carbocycles. The molecule has 0 amide bonds. The highest BCUT2D eigenvalue weighted by Gasteiger charge is 2.29. The number of nitro groups is 1. The van der Waals surface area contributed by atoms with Crippen molar-refractivity contribution in [2.24, 2.45) is 11.8 Å². The normalized spacial score (nSPS) is 17.0. The molecule has 2 rings (SSSR count). The molecule has 1 aliphatic rings. The van der Waals surface area contributed by atoms with E-state index in [0.29, 0.717) is 5.92 Å². The minimum atomic E-state index is -3.78. The van der Waals surface area contributed by atoms with Gasteiger partial charge in [0.25, 0.3) is 5.69 Å². The average Bonchev–Trinajstić information content (AvgIpc) is 2.34. The maximum Gasteiger partial charge on any atom is 0.294 e. The standard InChI is InChI=1S/C12H18N4O4S/c1-8(9-3-2-4-9)15-21(19,20)10-5-6-11(14-13)12(7-10)16(17)18/h5-9,14-15H,2-4,13H2,1H3. The number of nitrogens with zero attached hydrogens (tertiary/aromatic N) is 1. The van der Waals surface area contributed by atoms with Crippen molar-refractivity contribution in [1.82, 2.24) is 4.72 Å². The number of nitrogens with one attached hydrogen (secondary N) is 2. The number of anilines is 1. The van der Waals surface area contributed by atoms with E-state index >= 15 is 0 Å². The monoisotopic (exact) mass is 314 g/mol. The number of nitrogens with two attached hydrogens (primary N) is 1. The molecule has 0 bridgehead atoms. The molecule has 0 radical (unpaired) electrons. The van der Waals surface area contributed by atoms with Gasteiger partial charge in [-0.2, -0.15) is 0 Å². The first-order chi connectivity index (χ1) is 9.85. The second-order valence-corrected chi connectivity index (χ2v) is 6.90. The summed E-state index contributed by atoms with van der Waals surface area (Å²) >= 11 is 0. The number of nitro benzene ring substituents is 1. The molecule has 21 heavy (non-hydrogen) atoms. The number of benzene rings is 1. The molecule has 0 saturated heterocycles. The molecule has 0 aliphatic heterocycles. The summed E-state index contributed by atoms with van der Waals surface area (Å²) in [6.07, 6.45) is 3.11. The molecule has 1 fully saturated rings. The number of nitrogen functional groups attached to an aromatic ring is 1. The van der Waals surface area contributed by atoms with E-state index in [1.54, 1.807) is 0 Å². The summed E-state index contributed by atoms with van der Waals surface area (Å²) in [5.41, 5.74) is 1.86. The quantitative estimate of drug-likeness (QED) is 0.413. The van der Waals surface area contributed by atoms with Gasteiger partial charge in [-0.1, -0.05) is 6.42 Å². The van der Waals surface area contributed by atoms with Crippen molar-refractivity contribution in [3.8, 4) is 0 Å². The van der Waals surface area contributed by atoms with E-state index in [4.69, 9.17) is 5.84 Å². The fourth-order valence-corrected chi connectivity index (χ4v) is 3.63. The molecular formula is C12H18N4O4S. The van der Waals surface area contributed by atoms with Crippen LogP contribution in [-0.2, 0) is 10.0 Å². The molecule has 1 atom stereocenters. The predicted molar refractivity (Wildman–Crippen MR) is 78.0 cm³/mol. The van der Waals surface area contributed by atoms with Gasteiger partial charge in [0.1, 0.15) is 5.69 Å². The van der Waals surface area contributed by atoms with Gasteiger partial charge in [-0.05, 0) is 37.8 Å². The van der Waals surface area contributed by atoms with E-state index in [2.05, 4.69) is 10.1 Å². The van der Waals surface area contributed by atoms with E-state index in [9.17, 15) is 18.5 Å². The smallest absolute Gasteiger partial charge is 0.294 e. The van der Waals surface area contributed by atoms with E-state index < -0.39 is 14.9 Å². The lowest BCUT2D eigenvalue weighted by Crippen LogP contribution is -2.40. The van der Waals surface area contributed by atoms with E-state index in [1.165, 1.54) is 12.1 Å². The number of sulfonamides is 1. The molecule has 0 heterocycles. The van der Waals surface area contributed by atoms with Crippen molar-refractivity contribution in [2.45, 2.75) is 37.1 Å². The first-order valence-corrected chi connectivity index (χ1v) is 8.11. The summed E-state index contributed by atoms with van der Waals surface area (Å²) in [4.78, 5) is 10.1. The minimum Gasteiger partial charge on any atom is -0.318 e. The maximum absolute atomic E-state index is 12.3. The van der Waals surface area contributed by atoms with Crippen LogP contribution >= 0.6 is 0 Å². The van der Waals surface area contributed by atoms with E-state index in [1.807, 2.05) is 6.92 Å². The summed E-state index contributed by atoms with van der Waals surface area (Å²) in [6.45, 7) is 1.81. The zero-order chi connectivity index (χ0) is 15.6. The lowest BCUT2D eigenvalue weighted by atomic mass is 9.81. The van der Waals surface area contributed by atoms with Gasteiger partial charge >= 0.3 is 0 Å². The van der Waals surface area contributed by atoms with Gasteiger partial charge in [0.2, 0.25) is 10.0 Å². The highest BCUT2D eigenvalue weighted by Crippen LogP contribution is 2.31. The molecule has 1 aliphatic carbocycles. The van der Waals surface area contributed by atoms with Crippen LogP contribution in [0.1, 0.15) is 26.2 Å². The first kappa shape index (κ1) is 15.7. The molecule has 0 spiro atoms. The summed E-state index contributed by atoms with van der Waals surface area (Å²) in [7, 11) is -3.78. The SMILES string of the molecule is CC(NS(=O)(=O)c1ccc(NN)c([N+](=O)[O-])c1)C1CCC1. The summed E-state index contributed by atoms with van der Waals surface area (Å²) in [6, 6.07) is 3.39. The van der Waals surface area contributed by atoms with Crippen LogP contribution in [0.4, 0.5) is 11.4 Å². The molecule has 8 nitrogen and oxygen atoms in total. The number of hydrogen-bond donors (Lipinski definition) is 3. The van der Waals surface area contributed by atoms with Crippen LogP contribution in [0.25, 0.3) is 0 Å². The lowest BCUT2D eigenvalue weighted by molar-refractivity contribution is -0.384. The Morgan fingerprint density at radius 3 is 2.57 bits per heavy atom. The van der Waals surface area contributed by atoms with Gasteiger partial charge in [-0.15, -0.1) is 0 Å². The third-order valence-corrected chi connectivity index (χ3v) is 5.39. The molecule has 4 N–H and O–H groups in total. The van der Waals surface area contributed by atoms with Crippen LogP contribution in [0.3, 0.4) is 0 Å². The second-order valence-electron chi connectivity index (χ2n) is 5.18. The lowest BCUT2D eigenvalue weighted by Gasteiger charge is -2.31. The molecule has 1 unspecified atom stereocenters. The van der Waals surface area contributed by atoms with Crippen molar-refractivity contribution in [2.75, 3.05) is 5.43 Å². The maximum atomic E-state index is 12.3. The third kappa shape index (κ3) is 3.31. The summed E-state index contributed by atoms with van der Waals surface area (Å²) in [5, 5.41) is 10.9. The van der Waals surface area contributed by atoms with E-state index in [-0.39, 0.29) is 22.3 Å². The van der Waals surface area contributed by atoms with Crippen molar-refractivity contribution in [3.63, 3.8) is 0 Å². The minimum absolute atomic E-state index is 0.0611. The van der Waals surface area contributed by atoms with Gasteiger partial charge < -0.3 is 5.43 Å². The van der Waals surface area contributed by atoms with Crippen molar-refractivity contribution < 1.29 is 13.3 Å². The Balaban J connectivity index is 2.27. The fraction of sp³-hybridized carbons (Fsp3) is 0.500. The number of rotatable bonds is 6. The highest BCUT2D eigenvalue weighted by molar-refractivity contribution is 7.89. The summed E-state index contributed by atoms with van der Waals surface area (Å²) in [5.74, 6) is 5.51. The fourth-order valence-electron chi connectivity index (χ4n) is 2.30. The van der Waals surface area contributed by atoms with Gasteiger partial charge in [0, 0.05) is 12.1 Å². The zero-order valence-corrected chi connectivity index (χ0v) is 12.4. The molecule has 0 aromatic heterocycles. The van der Waals surface area contributed by atoms with E-state index in [0.717, 1.165) is 25.3 Å². The van der Waals surface area contributed by atoms with Gasteiger partial charge in [0.15, 0.2) is 0 Å². The van der Waals surface area contributed by atoms with Gasteiger partial charge in [-0.25, -0.2) is 13.1 Å². The van der Waals surface area contributed by atoms with Crippen molar-refractivity contribution in [1.29, 1.82) is 0 Å². The van der Waals surface area contributed by atoms with Crippen molar-refractivity contribution in [3.05, 3.63) is 28.3 Å². The Morgan fingerprint density at radius 2 is 2.10 bits per heavy atom. The number of hydrazine groups is 1. The largest absolute Gasteiger partial charge is 0.318 e. The van der Waals surface area contributed by atoms with Crippen LogP contribution in [0, 0.1) is 16.0 Å². The third-order valence-electron chi connectivity index (χ3n) is 3.83. The van der Waals surface area contributed by atoms with Crippen LogP contribution in [0.5, 0.6) is 0 Å². The Labute approximate surface area is 122 Å². The van der Waals surface area contributed by atoms with Crippen molar-refractivity contribution >= 4 is 21.4 Å². The van der Waals surface area contributed by atoms with Gasteiger partial charge in [-0.3, -0.25) is 16.0 Å². The van der Waals surface area contributed by atoms with Crippen LogP contribution in [0.15, 0.2) is 23.1 Å². The molecular weight excluding hydrogens is 296 g/mol. The Kier molecular flexibility index (Phi) is 4.45. The second kappa shape index (κ2) is 5.96. The van der Waals surface area contributed by atoms with Crippen LogP contribution < -0.4 is 16.0 Å². The predicted octanol–water partition coefficient (Wildman–Crippen LogP) is 1.35. The molecule has 1 aromatic rings. The average molecular weight is 314 g/mol. The van der Waals surface area contributed by atoms with Gasteiger partial charge in [0.05, 0.1) is 9.82 Å².